The Morgan fingerprint density at radius 3 is 2.64 bits per heavy atom. The molecule has 4 nitrogen and oxygen atoms in total. The standard InChI is InChI=1S/C18H22Cl2O4S/c19-14-10-25-18(20)13(14)8-7-12-11(15(21)9-16(12)22)5-3-1-2-4-6-17(23)24/h7-8,10-12,16,22H,1-6,9H2,(H,23,24)/b8-7+. The van der Waals surface area contributed by atoms with Gasteiger partial charge in [0.2, 0.25) is 0 Å². The van der Waals surface area contributed by atoms with Crippen LogP contribution in [0, 0.1) is 11.8 Å². The van der Waals surface area contributed by atoms with Crippen LogP contribution in [0.5, 0.6) is 0 Å². The number of rotatable bonds is 9. The first-order valence-corrected chi connectivity index (χ1v) is 10.1. The van der Waals surface area contributed by atoms with Crippen molar-refractivity contribution in [3.05, 3.63) is 26.4 Å². The molecule has 7 heteroatoms. The Balaban J connectivity index is 1.89. The molecule has 0 aromatic carbocycles. The Hall–Kier alpha value is -0.880. The third-order valence-electron chi connectivity index (χ3n) is 4.61. The highest BCUT2D eigenvalue weighted by Gasteiger charge is 2.39. The number of thiophene rings is 1. The van der Waals surface area contributed by atoms with Crippen LogP contribution in [-0.4, -0.2) is 28.1 Å². The number of carboxylic acids is 1. The van der Waals surface area contributed by atoms with E-state index in [-0.39, 0.29) is 30.5 Å². The van der Waals surface area contributed by atoms with Crippen molar-refractivity contribution in [2.24, 2.45) is 11.8 Å². The Morgan fingerprint density at radius 1 is 1.28 bits per heavy atom. The van der Waals surface area contributed by atoms with Crippen LogP contribution < -0.4 is 0 Å². The van der Waals surface area contributed by atoms with Gasteiger partial charge in [0, 0.05) is 35.6 Å². The van der Waals surface area contributed by atoms with Gasteiger partial charge in [-0.3, -0.25) is 9.59 Å². The molecule has 1 aliphatic rings. The Labute approximate surface area is 161 Å². The van der Waals surface area contributed by atoms with Crippen LogP contribution in [0.3, 0.4) is 0 Å². The van der Waals surface area contributed by atoms with Gasteiger partial charge in [0.05, 0.1) is 11.1 Å². The van der Waals surface area contributed by atoms with Crippen molar-refractivity contribution in [3.8, 4) is 0 Å². The van der Waals surface area contributed by atoms with Gasteiger partial charge in [-0.2, -0.15) is 0 Å². The molecule has 1 fully saturated rings. The summed E-state index contributed by atoms with van der Waals surface area (Å²) in [4.78, 5) is 22.7. The van der Waals surface area contributed by atoms with Crippen molar-refractivity contribution < 1.29 is 19.8 Å². The summed E-state index contributed by atoms with van der Waals surface area (Å²) in [5.41, 5.74) is 0.729. The Morgan fingerprint density at radius 2 is 2.00 bits per heavy atom. The lowest BCUT2D eigenvalue weighted by molar-refractivity contribution is -0.137. The highest BCUT2D eigenvalue weighted by molar-refractivity contribution is 7.15. The number of carbonyl (C=O) groups is 2. The molecule has 3 atom stereocenters. The highest BCUT2D eigenvalue weighted by Crippen LogP contribution is 2.37. The van der Waals surface area contributed by atoms with Crippen LogP contribution in [0.4, 0.5) is 0 Å². The molecule has 0 amide bonds. The quantitative estimate of drug-likeness (QED) is 0.563. The number of hydrogen-bond acceptors (Lipinski definition) is 4. The van der Waals surface area contributed by atoms with Crippen LogP contribution in [0.25, 0.3) is 6.08 Å². The maximum atomic E-state index is 12.2. The van der Waals surface area contributed by atoms with Gasteiger partial charge in [-0.1, -0.05) is 54.6 Å². The number of hydrogen-bond donors (Lipinski definition) is 2. The number of Topliss-reactive ketones (excluding diaryl/α,β-unsaturated/α-hetero) is 1. The van der Waals surface area contributed by atoms with E-state index in [9.17, 15) is 14.7 Å². The van der Waals surface area contributed by atoms with Gasteiger partial charge in [0.1, 0.15) is 10.1 Å². The van der Waals surface area contributed by atoms with E-state index in [1.165, 1.54) is 11.3 Å². The second kappa shape index (κ2) is 9.72. The lowest BCUT2D eigenvalue weighted by Gasteiger charge is -2.17. The molecule has 25 heavy (non-hydrogen) atoms. The fraction of sp³-hybridized carbons (Fsp3) is 0.556. The van der Waals surface area contributed by atoms with Gasteiger partial charge in [-0.25, -0.2) is 0 Å². The fourth-order valence-electron chi connectivity index (χ4n) is 3.26. The van der Waals surface area contributed by atoms with Crippen molar-refractivity contribution in [3.63, 3.8) is 0 Å². The van der Waals surface area contributed by atoms with Crippen molar-refractivity contribution in [2.75, 3.05) is 0 Å². The molecule has 1 saturated carbocycles. The van der Waals surface area contributed by atoms with Crippen LogP contribution in [0.15, 0.2) is 11.5 Å². The minimum absolute atomic E-state index is 0.0928. The monoisotopic (exact) mass is 404 g/mol. The van der Waals surface area contributed by atoms with Crippen molar-refractivity contribution >= 4 is 52.4 Å². The normalized spacial score (nSPS) is 23.6. The molecule has 0 spiro atoms. The molecule has 1 aromatic heterocycles. The number of carboxylic acid groups (broad SMARTS) is 1. The molecule has 2 rings (SSSR count). The summed E-state index contributed by atoms with van der Waals surface area (Å²) in [6.45, 7) is 0. The molecular weight excluding hydrogens is 383 g/mol. The molecule has 138 valence electrons. The molecular formula is C18H22Cl2O4S. The first-order valence-electron chi connectivity index (χ1n) is 8.43. The topological polar surface area (TPSA) is 74.6 Å². The average molecular weight is 405 g/mol. The zero-order valence-corrected chi connectivity index (χ0v) is 16.1. The van der Waals surface area contributed by atoms with Gasteiger partial charge in [-0.15, -0.1) is 11.3 Å². The Bertz CT molecular complexity index is 622. The average Bonchev–Trinajstić information content (AvgIpc) is 3.00. The zero-order chi connectivity index (χ0) is 18.4. The van der Waals surface area contributed by atoms with Crippen LogP contribution in [-0.2, 0) is 9.59 Å². The SMILES string of the molecule is O=C(O)CCCCCCC1C(=O)CC(O)C1/C=C/c1c(Cl)csc1Cl. The van der Waals surface area contributed by atoms with Gasteiger partial charge >= 0.3 is 5.97 Å². The summed E-state index contributed by atoms with van der Waals surface area (Å²) in [6, 6.07) is 0. The van der Waals surface area contributed by atoms with Crippen molar-refractivity contribution in [2.45, 2.75) is 51.0 Å². The highest BCUT2D eigenvalue weighted by atomic mass is 35.5. The van der Waals surface area contributed by atoms with E-state index in [1.807, 2.05) is 6.08 Å². The van der Waals surface area contributed by atoms with Gasteiger partial charge in [0.15, 0.2) is 0 Å². The smallest absolute Gasteiger partial charge is 0.303 e. The second-order valence-corrected chi connectivity index (χ2v) is 8.29. The van der Waals surface area contributed by atoms with E-state index >= 15 is 0 Å². The van der Waals surface area contributed by atoms with E-state index < -0.39 is 12.1 Å². The van der Waals surface area contributed by atoms with Gasteiger partial charge in [0.25, 0.3) is 0 Å². The van der Waals surface area contributed by atoms with E-state index in [2.05, 4.69) is 0 Å². The van der Waals surface area contributed by atoms with Gasteiger partial charge in [-0.05, 0) is 12.8 Å². The molecule has 3 unspecified atom stereocenters. The number of aliphatic carboxylic acids is 1. The van der Waals surface area contributed by atoms with E-state index in [1.54, 1.807) is 11.5 Å². The van der Waals surface area contributed by atoms with Crippen molar-refractivity contribution in [1.82, 2.24) is 0 Å². The number of aliphatic hydroxyl groups excluding tert-OH is 1. The predicted octanol–water partition coefficient (Wildman–Crippen LogP) is 5.06. The molecule has 1 aromatic rings. The molecule has 0 bridgehead atoms. The van der Waals surface area contributed by atoms with Crippen LogP contribution in [0.2, 0.25) is 9.36 Å². The summed E-state index contributed by atoms with van der Waals surface area (Å²) >= 11 is 13.5. The number of unbranched alkanes of at least 4 members (excludes halogenated alkanes) is 3. The number of ketones is 1. The molecule has 1 aliphatic carbocycles. The Kier molecular flexibility index (Phi) is 7.94. The summed E-state index contributed by atoms with van der Waals surface area (Å²) in [5, 5.41) is 21.1. The molecule has 0 saturated heterocycles. The maximum absolute atomic E-state index is 12.2. The maximum Gasteiger partial charge on any atom is 0.303 e. The van der Waals surface area contributed by atoms with E-state index in [4.69, 9.17) is 28.3 Å². The third kappa shape index (κ3) is 5.81. The first kappa shape index (κ1) is 20.4. The minimum atomic E-state index is -0.773. The lowest BCUT2D eigenvalue weighted by atomic mass is 9.88. The summed E-state index contributed by atoms with van der Waals surface area (Å²) in [7, 11) is 0. The summed E-state index contributed by atoms with van der Waals surface area (Å²) in [5.74, 6) is -1.10. The van der Waals surface area contributed by atoms with E-state index in [0.29, 0.717) is 22.2 Å². The minimum Gasteiger partial charge on any atom is -0.481 e. The molecule has 0 aliphatic heterocycles. The number of aliphatic hydroxyl groups is 1. The molecule has 2 N–H and O–H groups in total. The predicted molar refractivity (Wildman–Crippen MR) is 101 cm³/mol. The van der Waals surface area contributed by atoms with Crippen LogP contribution in [0.1, 0.15) is 50.5 Å². The molecule has 1 heterocycles. The number of halogens is 2. The fourth-order valence-corrected chi connectivity index (χ4v) is 4.60. The lowest BCUT2D eigenvalue weighted by Crippen LogP contribution is -2.18. The van der Waals surface area contributed by atoms with Crippen LogP contribution >= 0.6 is 34.5 Å². The largest absolute Gasteiger partial charge is 0.481 e. The summed E-state index contributed by atoms with van der Waals surface area (Å²) < 4.78 is 0.593. The second-order valence-electron chi connectivity index (χ2n) is 6.40. The van der Waals surface area contributed by atoms with E-state index in [0.717, 1.165) is 24.8 Å². The molecule has 0 radical (unpaired) electrons. The van der Waals surface area contributed by atoms with Crippen molar-refractivity contribution in [1.29, 1.82) is 0 Å². The third-order valence-corrected chi connectivity index (χ3v) is 6.30. The summed E-state index contributed by atoms with van der Waals surface area (Å²) in [6.07, 6.45) is 7.32. The first-order chi connectivity index (χ1) is 11.9. The number of carbonyl (C=O) groups excluding carboxylic acids is 1. The van der Waals surface area contributed by atoms with Gasteiger partial charge < -0.3 is 10.2 Å². The zero-order valence-electron chi connectivity index (χ0n) is 13.8.